The van der Waals surface area contributed by atoms with Gasteiger partial charge in [0.05, 0.1) is 12.2 Å². The van der Waals surface area contributed by atoms with Crippen LogP contribution in [0.3, 0.4) is 0 Å². The third-order valence-electron chi connectivity index (χ3n) is 5.55. The molecular formula is C26H22FN3O4S. The number of aryl methyl sites for hydroxylation is 1. The lowest BCUT2D eigenvalue weighted by Gasteiger charge is -2.32. The monoisotopic (exact) mass is 491 g/mol. The summed E-state index contributed by atoms with van der Waals surface area (Å²) < 4.78 is 24.2. The molecule has 5 rings (SSSR count). The molecule has 2 aliphatic heterocycles. The van der Waals surface area contributed by atoms with Crippen LogP contribution in [0.4, 0.5) is 15.8 Å². The Bertz CT molecular complexity index is 1310. The number of nitrogens with one attached hydrogen (secondary N) is 1. The van der Waals surface area contributed by atoms with Crippen LogP contribution in [-0.4, -0.2) is 33.9 Å². The van der Waals surface area contributed by atoms with E-state index in [1.807, 2.05) is 37.3 Å². The van der Waals surface area contributed by atoms with Crippen molar-refractivity contribution in [1.82, 2.24) is 4.90 Å². The lowest BCUT2D eigenvalue weighted by Crippen LogP contribution is -2.44. The number of carbonyl (C=O) groups is 2. The van der Waals surface area contributed by atoms with Gasteiger partial charge >= 0.3 is 0 Å². The minimum atomic E-state index is -0.657. The number of hydrogen-bond donors (Lipinski definition) is 1. The average Bonchev–Trinajstić information content (AvgIpc) is 3.30. The number of amides is 2. The number of nitrogens with zero attached hydrogens (tertiary/aromatic N) is 2. The van der Waals surface area contributed by atoms with E-state index in [-0.39, 0.29) is 37.4 Å². The molecule has 2 aliphatic rings. The first-order valence-corrected chi connectivity index (χ1v) is 11.9. The molecule has 1 fully saturated rings. The zero-order valence-electron chi connectivity index (χ0n) is 18.9. The number of fused-ring (bicyclic) bond motifs is 1. The number of anilines is 1. The molecule has 35 heavy (non-hydrogen) atoms. The molecule has 3 aromatic carbocycles. The van der Waals surface area contributed by atoms with Gasteiger partial charge in [0.2, 0.25) is 18.6 Å². The molecule has 9 heteroatoms. The number of ether oxygens (including phenoxy) is 2. The highest BCUT2D eigenvalue weighted by Gasteiger charge is 2.36. The maximum Gasteiger partial charge on any atom is 0.238 e. The first kappa shape index (κ1) is 22.9. The van der Waals surface area contributed by atoms with Crippen molar-refractivity contribution in [2.45, 2.75) is 25.1 Å². The SMILES string of the molecule is Cc1cccc(NC(=O)[C@@H]2CC(=O)N(Cc3ccc4c(c3)OCO4)C(=Nc3ccc(F)cc3)S2)c1. The van der Waals surface area contributed by atoms with Crippen LogP contribution in [0, 0.1) is 12.7 Å². The molecule has 2 amide bonds. The van der Waals surface area contributed by atoms with Gasteiger partial charge in [0.15, 0.2) is 16.7 Å². The fourth-order valence-electron chi connectivity index (χ4n) is 3.79. The molecule has 1 atom stereocenters. The van der Waals surface area contributed by atoms with Crippen molar-refractivity contribution >= 4 is 40.1 Å². The van der Waals surface area contributed by atoms with Crippen molar-refractivity contribution in [2.24, 2.45) is 4.99 Å². The van der Waals surface area contributed by atoms with Crippen molar-refractivity contribution in [3.63, 3.8) is 0 Å². The molecule has 3 aromatic rings. The predicted molar refractivity (Wildman–Crippen MR) is 132 cm³/mol. The number of amidine groups is 1. The molecule has 0 bridgehead atoms. The lowest BCUT2D eigenvalue weighted by atomic mass is 10.1. The van der Waals surface area contributed by atoms with Crippen LogP contribution in [0.5, 0.6) is 11.5 Å². The van der Waals surface area contributed by atoms with E-state index in [2.05, 4.69) is 10.3 Å². The maximum atomic E-state index is 13.4. The molecule has 1 N–H and O–H groups in total. The predicted octanol–water partition coefficient (Wildman–Crippen LogP) is 5.02. The van der Waals surface area contributed by atoms with E-state index in [1.165, 1.54) is 36.0 Å². The Morgan fingerprint density at radius 3 is 2.71 bits per heavy atom. The second-order valence-electron chi connectivity index (χ2n) is 8.21. The highest BCUT2D eigenvalue weighted by molar-refractivity contribution is 8.15. The number of halogens is 1. The molecule has 0 radical (unpaired) electrons. The van der Waals surface area contributed by atoms with E-state index < -0.39 is 5.25 Å². The summed E-state index contributed by atoms with van der Waals surface area (Å²) in [6.07, 6.45) is 0.0231. The molecule has 0 saturated carbocycles. The fraction of sp³-hybridized carbons (Fsp3) is 0.192. The largest absolute Gasteiger partial charge is 0.454 e. The van der Waals surface area contributed by atoms with Crippen LogP contribution in [0.2, 0.25) is 0 Å². The summed E-state index contributed by atoms with van der Waals surface area (Å²) in [5, 5.41) is 2.61. The topological polar surface area (TPSA) is 80.2 Å². The smallest absolute Gasteiger partial charge is 0.238 e. The highest BCUT2D eigenvalue weighted by atomic mass is 32.2. The van der Waals surface area contributed by atoms with Crippen LogP contribution in [0.1, 0.15) is 17.5 Å². The molecule has 2 heterocycles. The molecule has 0 unspecified atom stereocenters. The summed E-state index contributed by atoms with van der Waals surface area (Å²) >= 11 is 1.21. The Kier molecular flexibility index (Phi) is 6.41. The third-order valence-corrected chi connectivity index (χ3v) is 6.73. The second kappa shape index (κ2) is 9.79. The Labute approximate surface area is 205 Å². The zero-order valence-corrected chi connectivity index (χ0v) is 19.7. The molecule has 0 spiro atoms. The van der Waals surface area contributed by atoms with Gasteiger partial charge in [-0.1, -0.05) is 30.0 Å². The fourth-order valence-corrected chi connectivity index (χ4v) is 4.89. The van der Waals surface area contributed by atoms with Gasteiger partial charge in [-0.05, 0) is 66.6 Å². The first-order chi connectivity index (χ1) is 16.9. The van der Waals surface area contributed by atoms with Gasteiger partial charge in [-0.15, -0.1) is 0 Å². The summed E-state index contributed by atoms with van der Waals surface area (Å²) in [4.78, 5) is 32.4. The lowest BCUT2D eigenvalue weighted by molar-refractivity contribution is -0.129. The Balaban J connectivity index is 1.41. The molecule has 0 aliphatic carbocycles. The normalized spacial score (nSPS) is 18.1. The second-order valence-corrected chi connectivity index (χ2v) is 9.38. The van der Waals surface area contributed by atoms with E-state index in [0.717, 1.165) is 11.1 Å². The van der Waals surface area contributed by atoms with Crippen LogP contribution in [-0.2, 0) is 16.1 Å². The Morgan fingerprint density at radius 2 is 1.91 bits per heavy atom. The number of benzene rings is 3. The summed E-state index contributed by atoms with van der Waals surface area (Å²) in [6, 6.07) is 18.6. The van der Waals surface area contributed by atoms with Crippen LogP contribution in [0.15, 0.2) is 71.7 Å². The molecule has 7 nitrogen and oxygen atoms in total. The van der Waals surface area contributed by atoms with Gasteiger partial charge in [0, 0.05) is 12.1 Å². The van der Waals surface area contributed by atoms with Gasteiger partial charge in [-0.25, -0.2) is 9.38 Å². The van der Waals surface area contributed by atoms with Crippen LogP contribution < -0.4 is 14.8 Å². The van der Waals surface area contributed by atoms with Gasteiger partial charge in [-0.3, -0.25) is 14.5 Å². The van der Waals surface area contributed by atoms with E-state index in [9.17, 15) is 14.0 Å². The van der Waals surface area contributed by atoms with Gasteiger partial charge in [0.25, 0.3) is 0 Å². The van der Waals surface area contributed by atoms with Crippen molar-refractivity contribution in [3.05, 3.63) is 83.7 Å². The maximum absolute atomic E-state index is 13.4. The van der Waals surface area contributed by atoms with Gasteiger partial charge in [-0.2, -0.15) is 0 Å². The zero-order chi connectivity index (χ0) is 24.4. The molecule has 178 valence electrons. The first-order valence-electron chi connectivity index (χ1n) is 11.0. The number of aliphatic imine (C=N–C) groups is 1. The third kappa shape index (κ3) is 5.30. The quantitative estimate of drug-likeness (QED) is 0.542. The minimum Gasteiger partial charge on any atom is -0.454 e. The van der Waals surface area contributed by atoms with Gasteiger partial charge in [0.1, 0.15) is 11.1 Å². The number of carbonyl (C=O) groups excluding carboxylic acids is 2. The van der Waals surface area contributed by atoms with Gasteiger partial charge < -0.3 is 14.8 Å². The van der Waals surface area contributed by atoms with Crippen LogP contribution in [0.25, 0.3) is 0 Å². The molecular weight excluding hydrogens is 469 g/mol. The summed E-state index contributed by atoms with van der Waals surface area (Å²) in [7, 11) is 0. The van der Waals surface area contributed by atoms with Crippen molar-refractivity contribution in [3.8, 4) is 11.5 Å². The van der Waals surface area contributed by atoms with Crippen molar-refractivity contribution < 1.29 is 23.5 Å². The standard InChI is InChI=1S/C26H22FN3O4S/c1-16-3-2-4-20(11-16)28-25(32)23-13-24(31)30(14-17-5-10-21-22(12-17)34-15-33-21)26(35-23)29-19-8-6-18(27)7-9-19/h2-12,23H,13-15H2,1H3,(H,28,32)/t23-/m0/s1. The van der Waals surface area contributed by atoms with E-state index in [0.29, 0.717) is 28.0 Å². The Morgan fingerprint density at radius 1 is 1.11 bits per heavy atom. The number of hydrogen-bond acceptors (Lipinski definition) is 6. The van der Waals surface area contributed by atoms with E-state index >= 15 is 0 Å². The van der Waals surface area contributed by atoms with Crippen LogP contribution >= 0.6 is 11.8 Å². The molecule has 1 saturated heterocycles. The summed E-state index contributed by atoms with van der Waals surface area (Å²) in [6.45, 7) is 2.34. The van der Waals surface area contributed by atoms with Crippen molar-refractivity contribution in [2.75, 3.05) is 12.1 Å². The number of thioether (sulfide) groups is 1. The number of rotatable bonds is 5. The average molecular weight is 492 g/mol. The highest BCUT2D eigenvalue weighted by Crippen LogP contribution is 2.35. The van der Waals surface area contributed by atoms with E-state index in [4.69, 9.17) is 9.47 Å². The van der Waals surface area contributed by atoms with E-state index in [1.54, 1.807) is 17.0 Å². The minimum absolute atomic E-state index is 0.0231. The van der Waals surface area contributed by atoms with Crippen molar-refractivity contribution in [1.29, 1.82) is 0 Å². The molecule has 0 aromatic heterocycles. The Hall–Kier alpha value is -3.85. The summed E-state index contributed by atoms with van der Waals surface area (Å²) in [5.74, 6) is 0.386. The summed E-state index contributed by atoms with van der Waals surface area (Å²) in [5.41, 5.74) is 3.00.